The van der Waals surface area contributed by atoms with E-state index in [1.807, 2.05) is 0 Å². The van der Waals surface area contributed by atoms with Crippen LogP contribution in [0.1, 0.15) is 17.7 Å². The van der Waals surface area contributed by atoms with Gasteiger partial charge in [0.15, 0.2) is 0 Å². The predicted molar refractivity (Wildman–Crippen MR) is 51.9 cm³/mol. The van der Waals surface area contributed by atoms with Gasteiger partial charge >= 0.3 is 0 Å². The molecule has 2 N–H and O–H groups in total. The molecule has 90 valence electrons. The van der Waals surface area contributed by atoms with Crippen molar-refractivity contribution in [2.24, 2.45) is 5.14 Å². The number of sulfonamides is 1. The molecule has 0 aromatic carbocycles. The van der Waals surface area contributed by atoms with Crippen LogP contribution in [0.3, 0.4) is 0 Å². The standard InChI is InChI=1S/C8H10F2N2O3S/c1-4-5(15-2)3-12-6(8(9)10)7(4)16(11,13)14/h3,8H,1-2H3,(H2,11,13,14). The number of methoxy groups -OCH3 is 1. The molecule has 0 saturated carbocycles. The van der Waals surface area contributed by atoms with Crippen molar-refractivity contribution in [3.8, 4) is 5.75 Å². The van der Waals surface area contributed by atoms with E-state index in [1.54, 1.807) is 0 Å². The summed E-state index contributed by atoms with van der Waals surface area (Å²) in [6, 6.07) is 0. The zero-order valence-corrected chi connectivity index (χ0v) is 9.38. The van der Waals surface area contributed by atoms with Crippen LogP contribution in [0.25, 0.3) is 0 Å². The number of alkyl halides is 2. The van der Waals surface area contributed by atoms with E-state index in [0.717, 1.165) is 6.20 Å². The Labute approximate surface area is 91.3 Å². The van der Waals surface area contributed by atoms with Crippen LogP contribution in [-0.2, 0) is 10.0 Å². The molecular weight excluding hydrogens is 242 g/mol. The van der Waals surface area contributed by atoms with E-state index in [1.165, 1.54) is 14.0 Å². The van der Waals surface area contributed by atoms with E-state index in [-0.39, 0.29) is 11.3 Å². The van der Waals surface area contributed by atoms with E-state index < -0.39 is 27.0 Å². The van der Waals surface area contributed by atoms with Crippen LogP contribution >= 0.6 is 0 Å². The first-order valence-electron chi connectivity index (χ1n) is 4.13. The molecule has 5 nitrogen and oxygen atoms in total. The van der Waals surface area contributed by atoms with Crippen molar-refractivity contribution in [2.75, 3.05) is 7.11 Å². The van der Waals surface area contributed by atoms with Crippen molar-refractivity contribution in [1.82, 2.24) is 4.98 Å². The number of primary sulfonamides is 1. The first-order chi connectivity index (χ1) is 7.29. The molecule has 1 aromatic rings. The molecule has 0 aliphatic rings. The Morgan fingerprint density at radius 2 is 2.06 bits per heavy atom. The Kier molecular flexibility index (Phi) is 3.44. The van der Waals surface area contributed by atoms with Gasteiger partial charge in [-0.05, 0) is 6.92 Å². The summed E-state index contributed by atoms with van der Waals surface area (Å²) in [6.45, 7) is 1.33. The van der Waals surface area contributed by atoms with Crippen LogP contribution in [0.4, 0.5) is 8.78 Å². The molecule has 0 unspecified atom stereocenters. The average Bonchev–Trinajstić information content (AvgIpc) is 2.14. The molecule has 0 saturated heterocycles. The van der Waals surface area contributed by atoms with Crippen LogP contribution in [0, 0.1) is 6.92 Å². The van der Waals surface area contributed by atoms with E-state index in [2.05, 4.69) is 4.98 Å². The van der Waals surface area contributed by atoms with Crippen molar-refractivity contribution in [3.05, 3.63) is 17.5 Å². The van der Waals surface area contributed by atoms with Crippen molar-refractivity contribution >= 4 is 10.0 Å². The fourth-order valence-corrected chi connectivity index (χ4v) is 2.27. The smallest absolute Gasteiger partial charge is 0.281 e. The summed E-state index contributed by atoms with van der Waals surface area (Å²) in [7, 11) is -2.99. The first kappa shape index (κ1) is 12.8. The van der Waals surface area contributed by atoms with Gasteiger partial charge in [-0.15, -0.1) is 0 Å². The van der Waals surface area contributed by atoms with Crippen LogP contribution < -0.4 is 9.88 Å². The van der Waals surface area contributed by atoms with Crippen LogP contribution in [-0.4, -0.2) is 20.5 Å². The molecule has 8 heteroatoms. The number of hydrogen-bond donors (Lipinski definition) is 1. The fraction of sp³-hybridized carbons (Fsp3) is 0.375. The maximum absolute atomic E-state index is 12.6. The molecule has 0 aliphatic carbocycles. The molecule has 0 radical (unpaired) electrons. The molecule has 1 heterocycles. The molecule has 0 aliphatic heterocycles. The second-order valence-corrected chi connectivity index (χ2v) is 4.51. The largest absolute Gasteiger partial charge is 0.495 e. The van der Waals surface area contributed by atoms with E-state index in [9.17, 15) is 17.2 Å². The number of halogens is 2. The summed E-state index contributed by atoms with van der Waals surface area (Å²) in [4.78, 5) is 2.66. The Balaban J connectivity index is 3.63. The van der Waals surface area contributed by atoms with Gasteiger partial charge in [-0.1, -0.05) is 0 Å². The highest BCUT2D eigenvalue weighted by Gasteiger charge is 2.26. The number of hydrogen-bond acceptors (Lipinski definition) is 4. The molecule has 0 spiro atoms. The summed E-state index contributed by atoms with van der Waals surface area (Å²) in [5.41, 5.74) is -0.837. The first-order valence-corrected chi connectivity index (χ1v) is 5.68. The lowest BCUT2D eigenvalue weighted by molar-refractivity contribution is 0.142. The minimum absolute atomic E-state index is 0.0234. The second kappa shape index (κ2) is 4.30. The molecule has 1 rings (SSSR count). The van der Waals surface area contributed by atoms with Crippen molar-refractivity contribution < 1.29 is 21.9 Å². The summed E-state index contributed by atoms with van der Waals surface area (Å²) in [5, 5.41) is 4.86. The fourth-order valence-electron chi connectivity index (χ4n) is 1.31. The van der Waals surface area contributed by atoms with Gasteiger partial charge in [-0.25, -0.2) is 27.3 Å². The van der Waals surface area contributed by atoms with Crippen LogP contribution in [0.2, 0.25) is 0 Å². The van der Waals surface area contributed by atoms with E-state index in [0.29, 0.717) is 0 Å². The Morgan fingerprint density at radius 3 is 2.44 bits per heavy atom. The molecule has 0 bridgehead atoms. The van der Waals surface area contributed by atoms with Gasteiger partial charge in [0.05, 0.1) is 13.3 Å². The van der Waals surface area contributed by atoms with Crippen molar-refractivity contribution in [2.45, 2.75) is 18.2 Å². The molecular formula is C8H10F2N2O3S. The minimum Gasteiger partial charge on any atom is -0.495 e. The number of aromatic nitrogens is 1. The summed E-state index contributed by atoms with van der Waals surface area (Å²) < 4.78 is 52.3. The summed E-state index contributed by atoms with van der Waals surface area (Å²) in [5.74, 6) is 0.0911. The Bertz CT molecular complexity index is 502. The van der Waals surface area contributed by atoms with Crippen LogP contribution in [0.5, 0.6) is 5.75 Å². The van der Waals surface area contributed by atoms with Gasteiger partial charge in [0.25, 0.3) is 6.43 Å². The normalized spacial score (nSPS) is 11.9. The second-order valence-electron chi connectivity index (χ2n) is 3.01. The molecule has 16 heavy (non-hydrogen) atoms. The van der Waals surface area contributed by atoms with Gasteiger partial charge in [0.2, 0.25) is 10.0 Å². The minimum atomic E-state index is -4.26. The highest BCUT2D eigenvalue weighted by molar-refractivity contribution is 7.89. The van der Waals surface area contributed by atoms with E-state index in [4.69, 9.17) is 9.88 Å². The quantitative estimate of drug-likeness (QED) is 0.869. The van der Waals surface area contributed by atoms with Gasteiger partial charge in [-0.3, -0.25) is 0 Å². The third-order valence-electron chi connectivity index (χ3n) is 1.97. The number of pyridine rings is 1. The highest BCUT2D eigenvalue weighted by atomic mass is 32.2. The number of rotatable bonds is 3. The Morgan fingerprint density at radius 1 is 1.50 bits per heavy atom. The number of ether oxygens (including phenoxy) is 1. The summed E-state index contributed by atoms with van der Waals surface area (Å²) in [6.07, 6.45) is -1.98. The number of nitrogens with zero attached hydrogens (tertiary/aromatic N) is 1. The monoisotopic (exact) mass is 252 g/mol. The van der Waals surface area contributed by atoms with E-state index >= 15 is 0 Å². The lowest BCUT2D eigenvalue weighted by atomic mass is 10.2. The molecule has 1 aromatic heterocycles. The van der Waals surface area contributed by atoms with Gasteiger partial charge in [-0.2, -0.15) is 0 Å². The highest BCUT2D eigenvalue weighted by Crippen LogP contribution is 2.31. The lowest BCUT2D eigenvalue weighted by Crippen LogP contribution is -2.18. The zero-order chi connectivity index (χ0) is 12.5. The summed E-state index contributed by atoms with van der Waals surface area (Å²) >= 11 is 0. The Hall–Kier alpha value is -1.28. The van der Waals surface area contributed by atoms with Crippen molar-refractivity contribution in [1.29, 1.82) is 0 Å². The van der Waals surface area contributed by atoms with Gasteiger partial charge < -0.3 is 4.74 Å². The molecule has 0 fully saturated rings. The molecule has 0 atom stereocenters. The number of nitrogens with two attached hydrogens (primary N) is 1. The SMILES string of the molecule is COc1cnc(C(F)F)c(S(N)(=O)=O)c1C. The third-order valence-corrected chi connectivity index (χ3v) is 3.06. The molecule has 0 amide bonds. The lowest BCUT2D eigenvalue weighted by Gasteiger charge is -2.12. The topological polar surface area (TPSA) is 82.3 Å². The maximum atomic E-state index is 12.6. The predicted octanol–water partition coefficient (Wildman–Crippen LogP) is 0.984. The average molecular weight is 252 g/mol. The maximum Gasteiger partial charge on any atom is 0.281 e. The third kappa shape index (κ3) is 2.27. The van der Waals surface area contributed by atoms with Crippen molar-refractivity contribution in [3.63, 3.8) is 0 Å². The van der Waals surface area contributed by atoms with Gasteiger partial charge in [0.1, 0.15) is 16.3 Å². The zero-order valence-electron chi connectivity index (χ0n) is 8.57. The van der Waals surface area contributed by atoms with Gasteiger partial charge in [0, 0.05) is 5.56 Å². The van der Waals surface area contributed by atoms with Crippen LogP contribution in [0.15, 0.2) is 11.1 Å².